The third-order valence-corrected chi connectivity index (χ3v) is 5.92. The minimum absolute atomic E-state index is 0.0871. The molecule has 0 atom stereocenters. The maximum Gasteiger partial charge on any atom is 0.323 e. The Kier molecular flexibility index (Phi) is 6.86. The number of nitrogens with zero attached hydrogens (tertiary/aromatic N) is 3. The minimum Gasteiger partial charge on any atom is -0.492 e. The lowest BCUT2D eigenvalue weighted by molar-refractivity contribution is 0.0751. The molecule has 1 saturated heterocycles. The van der Waals surface area contributed by atoms with Gasteiger partial charge < -0.3 is 25.2 Å². The summed E-state index contributed by atoms with van der Waals surface area (Å²) in [5.41, 5.74) is 1.19. The number of hydrogen-bond donors (Lipinski definition) is 2. The number of nitrogens with one attached hydrogen (secondary N) is 2. The lowest BCUT2D eigenvalue weighted by Gasteiger charge is -2.35. The fourth-order valence-electron chi connectivity index (χ4n) is 3.48. The average molecular weight is 452 g/mol. The third kappa shape index (κ3) is 5.17. The van der Waals surface area contributed by atoms with Crippen LogP contribution in [-0.4, -0.2) is 54.6 Å². The van der Waals surface area contributed by atoms with E-state index in [-0.39, 0.29) is 11.9 Å². The lowest BCUT2D eigenvalue weighted by Crippen LogP contribution is -2.48. The molecule has 2 aromatic heterocycles. The number of aromatic nitrogens is 1. The van der Waals surface area contributed by atoms with Crippen molar-refractivity contribution in [3.8, 4) is 5.75 Å². The molecular weight excluding hydrogens is 426 g/mol. The molecule has 1 aliphatic rings. The van der Waals surface area contributed by atoms with Crippen molar-refractivity contribution in [3.63, 3.8) is 0 Å². The first-order valence-corrected chi connectivity index (χ1v) is 11.4. The molecule has 8 nitrogen and oxygen atoms in total. The standard InChI is InChI=1S/C23H25N5O3S/c1-2-31-19-7-4-3-6-18(19)26-23(30)25-17-9-10-21(24-16-17)27-11-13-28(14-12-27)22(29)20-8-5-15-32-20/h3-10,15-16H,2,11-14H2,1H3,(H2,25,26,30). The number of carbonyl (C=O) groups is 2. The number of thiophene rings is 1. The van der Waals surface area contributed by atoms with Crippen LogP contribution < -0.4 is 20.3 Å². The summed E-state index contributed by atoms with van der Waals surface area (Å²) in [4.78, 5) is 34.1. The predicted molar refractivity (Wildman–Crippen MR) is 127 cm³/mol. The second-order valence-corrected chi connectivity index (χ2v) is 8.12. The largest absolute Gasteiger partial charge is 0.492 e. The van der Waals surface area contributed by atoms with Gasteiger partial charge in [-0.2, -0.15) is 0 Å². The number of amides is 3. The lowest BCUT2D eigenvalue weighted by atomic mass is 10.2. The van der Waals surface area contributed by atoms with E-state index in [1.165, 1.54) is 11.3 Å². The van der Waals surface area contributed by atoms with E-state index in [1.807, 2.05) is 59.7 Å². The molecule has 0 aliphatic carbocycles. The van der Waals surface area contributed by atoms with Crippen molar-refractivity contribution < 1.29 is 14.3 Å². The number of urea groups is 1. The van der Waals surface area contributed by atoms with E-state index in [1.54, 1.807) is 12.3 Å². The maximum atomic E-state index is 12.5. The highest BCUT2D eigenvalue weighted by Crippen LogP contribution is 2.24. The molecule has 1 aliphatic heterocycles. The summed E-state index contributed by atoms with van der Waals surface area (Å²) in [5.74, 6) is 1.53. The van der Waals surface area contributed by atoms with Crippen molar-refractivity contribution in [2.75, 3.05) is 48.3 Å². The van der Waals surface area contributed by atoms with Gasteiger partial charge in [0.15, 0.2) is 0 Å². The average Bonchev–Trinajstić information content (AvgIpc) is 3.36. The number of ether oxygens (including phenoxy) is 1. The fraction of sp³-hybridized carbons (Fsp3) is 0.261. The zero-order chi connectivity index (χ0) is 22.3. The first kappa shape index (κ1) is 21.6. The van der Waals surface area contributed by atoms with Crippen LogP contribution in [0.5, 0.6) is 5.75 Å². The Hall–Kier alpha value is -3.59. The number of anilines is 3. The number of piperazine rings is 1. The van der Waals surface area contributed by atoms with Gasteiger partial charge in [0.1, 0.15) is 11.6 Å². The Bertz CT molecular complexity index is 1050. The van der Waals surface area contributed by atoms with Crippen molar-refractivity contribution in [2.45, 2.75) is 6.92 Å². The second-order valence-electron chi connectivity index (χ2n) is 7.17. The van der Waals surface area contributed by atoms with E-state index in [0.717, 1.165) is 10.7 Å². The normalized spacial score (nSPS) is 13.5. The Labute approximate surface area is 190 Å². The fourth-order valence-corrected chi connectivity index (χ4v) is 4.17. The SMILES string of the molecule is CCOc1ccccc1NC(=O)Nc1ccc(N2CCN(C(=O)c3cccs3)CC2)nc1. The number of carbonyl (C=O) groups excluding carboxylic acids is 2. The molecule has 3 aromatic rings. The van der Waals surface area contributed by atoms with Crippen LogP contribution in [0.4, 0.5) is 22.0 Å². The smallest absolute Gasteiger partial charge is 0.323 e. The number of pyridine rings is 1. The summed E-state index contributed by atoms with van der Waals surface area (Å²) < 4.78 is 5.53. The molecule has 0 radical (unpaired) electrons. The minimum atomic E-state index is -0.368. The molecule has 0 spiro atoms. The Morgan fingerprint density at radius 2 is 1.84 bits per heavy atom. The van der Waals surface area contributed by atoms with E-state index >= 15 is 0 Å². The first-order chi connectivity index (χ1) is 15.6. The van der Waals surface area contributed by atoms with Crippen molar-refractivity contribution in [1.29, 1.82) is 0 Å². The van der Waals surface area contributed by atoms with Gasteiger partial charge in [0, 0.05) is 26.2 Å². The van der Waals surface area contributed by atoms with E-state index in [0.29, 0.717) is 49.9 Å². The van der Waals surface area contributed by atoms with Crippen LogP contribution >= 0.6 is 11.3 Å². The molecule has 0 bridgehead atoms. The molecule has 0 unspecified atom stereocenters. The van der Waals surface area contributed by atoms with E-state index in [2.05, 4.69) is 20.5 Å². The van der Waals surface area contributed by atoms with Gasteiger partial charge in [-0.25, -0.2) is 9.78 Å². The zero-order valence-corrected chi connectivity index (χ0v) is 18.6. The molecule has 3 heterocycles. The number of hydrogen-bond acceptors (Lipinski definition) is 6. The van der Waals surface area contributed by atoms with Gasteiger partial charge in [-0.3, -0.25) is 4.79 Å². The highest BCUT2D eigenvalue weighted by Gasteiger charge is 2.23. The Morgan fingerprint density at radius 3 is 2.53 bits per heavy atom. The van der Waals surface area contributed by atoms with Crippen molar-refractivity contribution in [3.05, 3.63) is 65.0 Å². The highest BCUT2D eigenvalue weighted by molar-refractivity contribution is 7.12. The van der Waals surface area contributed by atoms with E-state index in [9.17, 15) is 9.59 Å². The van der Waals surface area contributed by atoms with Gasteiger partial charge in [-0.05, 0) is 42.6 Å². The Balaban J connectivity index is 1.30. The number of rotatable bonds is 6. The molecule has 32 heavy (non-hydrogen) atoms. The zero-order valence-electron chi connectivity index (χ0n) is 17.8. The highest BCUT2D eigenvalue weighted by atomic mass is 32.1. The summed E-state index contributed by atoms with van der Waals surface area (Å²) in [7, 11) is 0. The monoisotopic (exact) mass is 451 g/mol. The van der Waals surface area contributed by atoms with E-state index < -0.39 is 0 Å². The topological polar surface area (TPSA) is 86.8 Å². The van der Waals surface area contributed by atoms with Gasteiger partial charge in [-0.1, -0.05) is 18.2 Å². The molecule has 0 saturated carbocycles. The molecular formula is C23H25N5O3S. The van der Waals surface area contributed by atoms with Gasteiger partial charge >= 0.3 is 6.03 Å². The molecule has 1 aromatic carbocycles. The first-order valence-electron chi connectivity index (χ1n) is 10.5. The maximum absolute atomic E-state index is 12.5. The summed E-state index contributed by atoms with van der Waals surface area (Å²) >= 11 is 1.47. The molecule has 3 amide bonds. The molecule has 1 fully saturated rings. The van der Waals surface area contributed by atoms with Crippen LogP contribution in [0.2, 0.25) is 0 Å². The predicted octanol–water partition coefficient (Wildman–Crippen LogP) is 4.15. The third-order valence-electron chi connectivity index (χ3n) is 5.06. The van der Waals surface area contributed by atoms with Crippen molar-refractivity contribution >= 4 is 40.5 Å². The van der Waals surface area contributed by atoms with Gasteiger partial charge in [0.2, 0.25) is 0 Å². The van der Waals surface area contributed by atoms with Gasteiger partial charge in [0.25, 0.3) is 5.91 Å². The van der Waals surface area contributed by atoms with Crippen molar-refractivity contribution in [2.24, 2.45) is 0 Å². The second kappa shape index (κ2) is 10.1. The number of benzene rings is 1. The van der Waals surface area contributed by atoms with Crippen LogP contribution in [0, 0.1) is 0 Å². The van der Waals surface area contributed by atoms with Crippen molar-refractivity contribution in [1.82, 2.24) is 9.88 Å². The summed E-state index contributed by atoms with van der Waals surface area (Å²) in [6.45, 7) is 5.14. The molecule has 9 heteroatoms. The van der Waals surface area contributed by atoms with Crippen LogP contribution in [0.25, 0.3) is 0 Å². The summed E-state index contributed by atoms with van der Waals surface area (Å²) in [6, 6.07) is 14.4. The molecule has 4 rings (SSSR count). The molecule has 2 N–H and O–H groups in total. The van der Waals surface area contributed by atoms with Gasteiger partial charge in [-0.15, -0.1) is 11.3 Å². The van der Waals surface area contributed by atoms with Crippen LogP contribution in [0.1, 0.15) is 16.6 Å². The van der Waals surface area contributed by atoms with Gasteiger partial charge in [0.05, 0.1) is 29.1 Å². The van der Waals surface area contributed by atoms with Crippen LogP contribution in [0.3, 0.4) is 0 Å². The summed E-state index contributed by atoms with van der Waals surface area (Å²) in [5, 5.41) is 7.51. The quantitative estimate of drug-likeness (QED) is 0.588. The van der Waals surface area contributed by atoms with Crippen LogP contribution in [-0.2, 0) is 0 Å². The van der Waals surface area contributed by atoms with E-state index in [4.69, 9.17) is 4.74 Å². The Morgan fingerprint density at radius 1 is 1.03 bits per heavy atom. The van der Waals surface area contributed by atoms with Crippen LogP contribution in [0.15, 0.2) is 60.1 Å². The summed E-state index contributed by atoms with van der Waals surface area (Å²) in [6.07, 6.45) is 1.63. The number of para-hydroxylation sites is 2. The molecule has 166 valence electrons.